The maximum Gasteiger partial charge on any atom is 0.0658 e. The van der Waals surface area contributed by atoms with E-state index in [0.717, 1.165) is 0 Å². The van der Waals surface area contributed by atoms with Crippen LogP contribution in [0.2, 0.25) is 0 Å². The second-order valence-electron chi connectivity index (χ2n) is 5.31. The average molecular weight is 243 g/mol. The maximum absolute atomic E-state index is 4.50. The molecule has 0 radical (unpaired) electrons. The third-order valence-electron chi connectivity index (χ3n) is 3.78. The third-order valence-corrected chi connectivity index (χ3v) is 3.78. The summed E-state index contributed by atoms with van der Waals surface area (Å²) in [5.74, 6) is 0. The van der Waals surface area contributed by atoms with Crippen molar-refractivity contribution < 1.29 is 0 Å². The van der Waals surface area contributed by atoms with Crippen molar-refractivity contribution in [3.8, 4) is 0 Å². The molecule has 0 fully saturated rings. The summed E-state index contributed by atoms with van der Waals surface area (Å²) in [6, 6.07) is 6.25. The lowest BCUT2D eigenvalue weighted by molar-refractivity contribution is 0.568. The highest BCUT2D eigenvalue weighted by atomic mass is 14.7. The Hall–Kier alpha value is -1.11. The molecule has 0 aromatic carbocycles. The molecule has 0 amide bonds. The summed E-state index contributed by atoms with van der Waals surface area (Å²) in [4.78, 5) is 4.50. The minimum atomic E-state index is 1.19. The van der Waals surface area contributed by atoms with Crippen LogP contribution in [0.25, 0.3) is 5.57 Å². The molecule has 0 unspecified atom stereocenters. The molecular weight excluding hydrogens is 218 g/mol. The van der Waals surface area contributed by atoms with Gasteiger partial charge in [0.1, 0.15) is 0 Å². The van der Waals surface area contributed by atoms with Gasteiger partial charge < -0.3 is 0 Å². The normalized spacial score (nSPS) is 19.4. The van der Waals surface area contributed by atoms with Crippen molar-refractivity contribution in [3.05, 3.63) is 36.2 Å². The fourth-order valence-corrected chi connectivity index (χ4v) is 2.68. The zero-order valence-electron chi connectivity index (χ0n) is 11.4. The van der Waals surface area contributed by atoms with Gasteiger partial charge in [0.25, 0.3) is 0 Å². The first-order chi connectivity index (χ1) is 8.97. The van der Waals surface area contributed by atoms with E-state index in [2.05, 4.69) is 23.2 Å². The van der Waals surface area contributed by atoms with Crippen molar-refractivity contribution >= 4 is 5.57 Å². The summed E-state index contributed by atoms with van der Waals surface area (Å²) < 4.78 is 0. The Morgan fingerprint density at radius 3 is 2.22 bits per heavy atom. The standard InChI is InChI=1S/C17H25N/c1-2-4-6-8-12-16(13-9-7-5-3-1)17-14-10-11-15-18-17/h10-12,14-15H,1-9,13H2. The van der Waals surface area contributed by atoms with E-state index < -0.39 is 0 Å². The predicted octanol–water partition coefficient (Wildman–Crippen LogP) is 5.38. The second-order valence-corrected chi connectivity index (χ2v) is 5.31. The van der Waals surface area contributed by atoms with Crippen LogP contribution >= 0.6 is 0 Å². The SMILES string of the molecule is C1=C(c2ccccn2)CCCCCCCCCC1. The summed E-state index contributed by atoms with van der Waals surface area (Å²) in [5.41, 5.74) is 2.66. The van der Waals surface area contributed by atoms with E-state index in [1.807, 2.05) is 12.3 Å². The molecule has 1 nitrogen and oxygen atoms in total. The molecule has 98 valence electrons. The fraction of sp³-hybridized carbons (Fsp3) is 0.588. The van der Waals surface area contributed by atoms with Crippen LogP contribution in [0.5, 0.6) is 0 Å². The molecule has 0 atom stereocenters. The van der Waals surface area contributed by atoms with Gasteiger partial charge in [-0.05, 0) is 43.4 Å². The number of allylic oxidation sites excluding steroid dienone is 2. The van der Waals surface area contributed by atoms with Crippen molar-refractivity contribution in [2.24, 2.45) is 0 Å². The van der Waals surface area contributed by atoms with E-state index >= 15 is 0 Å². The van der Waals surface area contributed by atoms with E-state index in [1.54, 1.807) is 0 Å². The quantitative estimate of drug-likeness (QED) is 0.645. The van der Waals surface area contributed by atoms with Gasteiger partial charge in [0, 0.05) is 6.20 Å². The van der Waals surface area contributed by atoms with E-state index in [9.17, 15) is 0 Å². The van der Waals surface area contributed by atoms with E-state index in [4.69, 9.17) is 0 Å². The van der Waals surface area contributed by atoms with Crippen molar-refractivity contribution in [1.82, 2.24) is 4.98 Å². The van der Waals surface area contributed by atoms with Crippen molar-refractivity contribution in [2.45, 2.75) is 64.2 Å². The van der Waals surface area contributed by atoms with Crippen LogP contribution < -0.4 is 0 Å². The van der Waals surface area contributed by atoms with Gasteiger partial charge in [-0.15, -0.1) is 0 Å². The molecule has 1 heterocycles. The van der Waals surface area contributed by atoms with Crippen molar-refractivity contribution in [2.75, 3.05) is 0 Å². The second kappa shape index (κ2) is 8.07. The summed E-state index contributed by atoms with van der Waals surface area (Å²) in [5, 5.41) is 0. The van der Waals surface area contributed by atoms with E-state index in [0.29, 0.717) is 0 Å². The molecule has 0 bridgehead atoms. The zero-order chi connectivity index (χ0) is 12.5. The molecule has 18 heavy (non-hydrogen) atoms. The smallest absolute Gasteiger partial charge is 0.0658 e. The number of nitrogens with zero attached hydrogens (tertiary/aromatic N) is 1. The van der Waals surface area contributed by atoms with Crippen LogP contribution in [0.1, 0.15) is 69.9 Å². The van der Waals surface area contributed by atoms with Crippen LogP contribution in [0.15, 0.2) is 30.5 Å². The molecular formula is C17H25N. The molecule has 0 aliphatic heterocycles. The largest absolute Gasteiger partial charge is 0.257 e. The maximum atomic E-state index is 4.50. The van der Waals surface area contributed by atoms with Crippen LogP contribution in [-0.2, 0) is 0 Å². The molecule has 1 aromatic rings. The molecule has 1 aliphatic carbocycles. The van der Waals surface area contributed by atoms with Crippen LogP contribution in [0.4, 0.5) is 0 Å². The number of pyridine rings is 1. The molecule has 1 heteroatoms. The first-order valence-electron chi connectivity index (χ1n) is 7.57. The average Bonchev–Trinajstić information content (AvgIpc) is 2.40. The Balaban J connectivity index is 1.99. The number of rotatable bonds is 1. The van der Waals surface area contributed by atoms with Gasteiger partial charge in [0.05, 0.1) is 5.69 Å². The first kappa shape index (κ1) is 13.3. The topological polar surface area (TPSA) is 12.9 Å². The van der Waals surface area contributed by atoms with Gasteiger partial charge in [-0.1, -0.05) is 50.7 Å². The summed E-state index contributed by atoms with van der Waals surface area (Å²) >= 11 is 0. The van der Waals surface area contributed by atoms with Gasteiger partial charge in [0.15, 0.2) is 0 Å². The van der Waals surface area contributed by atoms with Gasteiger partial charge in [-0.25, -0.2) is 0 Å². The van der Waals surface area contributed by atoms with Crippen LogP contribution in [-0.4, -0.2) is 4.98 Å². The molecule has 1 aromatic heterocycles. The minimum Gasteiger partial charge on any atom is -0.257 e. The lowest BCUT2D eigenvalue weighted by Gasteiger charge is -2.09. The van der Waals surface area contributed by atoms with Crippen LogP contribution in [0, 0.1) is 0 Å². The Bertz CT molecular complexity index is 353. The third kappa shape index (κ3) is 4.64. The number of hydrogen-bond acceptors (Lipinski definition) is 1. The fourth-order valence-electron chi connectivity index (χ4n) is 2.68. The molecule has 2 rings (SSSR count). The Labute approximate surface area is 111 Å². The Morgan fingerprint density at radius 1 is 0.778 bits per heavy atom. The summed E-state index contributed by atoms with van der Waals surface area (Å²) in [7, 11) is 0. The summed E-state index contributed by atoms with van der Waals surface area (Å²) in [6.07, 6.45) is 17.9. The highest BCUT2D eigenvalue weighted by molar-refractivity contribution is 5.62. The van der Waals surface area contributed by atoms with Crippen molar-refractivity contribution in [1.29, 1.82) is 0 Å². The highest BCUT2D eigenvalue weighted by Gasteiger charge is 2.03. The first-order valence-corrected chi connectivity index (χ1v) is 7.57. The molecule has 0 N–H and O–H groups in total. The molecule has 0 spiro atoms. The van der Waals surface area contributed by atoms with Crippen molar-refractivity contribution in [3.63, 3.8) is 0 Å². The lowest BCUT2D eigenvalue weighted by atomic mass is 9.98. The van der Waals surface area contributed by atoms with Gasteiger partial charge in [-0.2, -0.15) is 0 Å². The van der Waals surface area contributed by atoms with Gasteiger partial charge >= 0.3 is 0 Å². The zero-order valence-corrected chi connectivity index (χ0v) is 11.4. The van der Waals surface area contributed by atoms with Gasteiger partial charge in [0.2, 0.25) is 0 Å². The molecule has 1 aliphatic rings. The highest BCUT2D eigenvalue weighted by Crippen LogP contribution is 2.22. The Morgan fingerprint density at radius 2 is 1.50 bits per heavy atom. The molecule has 0 saturated heterocycles. The van der Waals surface area contributed by atoms with Gasteiger partial charge in [-0.3, -0.25) is 4.98 Å². The summed E-state index contributed by atoms with van der Waals surface area (Å²) in [6.45, 7) is 0. The monoisotopic (exact) mass is 243 g/mol. The minimum absolute atomic E-state index is 1.19. The van der Waals surface area contributed by atoms with E-state index in [1.165, 1.54) is 75.5 Å². The lowest BCUT2D eigenvalue weighted by Crippen LogP contribution is -1.91. The van der Waals surface area contributed by atoms with Crippen LogP contribution in [0.3, 0.4) is 0 Å². The number of hydrogen-bond donors (Lipinski definition) is 0. The Kier molecular flexibility index (Phi) is 5.98. The predicted molar refractivity (Wildman–Crippen MR) is 78.4 cm³/mol. The van der Waals surface area contributed by atoms with E-state index in [-0.39, 0.29) is 0 Å². The molecule has 0 saturated carbocycles. The number of aromatic nitrogens is 1.